The smallest absolute Gasteiger partial charge is 0.125 e. The standard InChI is InChI=1S/C10H14O3/c1-7-9(12)5-4-8(10(7)13)3-2-6-11/h4-5,11-13H,2-3,6H2,1H3. The molecule has 0 atom stereocenters. The fraction of sp³-hybridized carbons (Fsp3) is 0.400. The van der Waals surface area contributed by atoms with Crippen LogP contribution in [0.1, 0.15) is 17.5 Å². The number of aliphatic hydroxyl groups is 1. The van der Waals surface area contributed by atoms with Crippen molar-refractivity contribution in [1.82, 2.24) is 0 Å². The van der Waals surface area contributed by atoms with Crippen LogP contribution in [0, 0.1) is 6.92 Å². The summed E-state index contributed by atoms with van der Waals surface area (Å²) < 4.78 is 0. The number of rotatable bonds is 3. The highest BCUT2D eigenvalue weighted by atomic mass is 16.3. The third-order valence-electron chi connectivity index (χ3n) is 2.09. The van der Waals surface area contributed by atoms with Gasteiger partial charge in [-0.05, 0) is 31.4 Å². The molecule has 0 aliphatic carbocycles. The molecule has 0 amide bonds. The van der Waals surface area contributed by atoms with Gasteiger partial charge < -0.3 is 15.3 Å². The number of phenolic OH excluding ortho intramolecular Hbond substituents is 2. The van der Waals surface area contributed by atoms with E-state index in [4.69, 9.17) is 5.11 Å². The largest absolute Gasteiger partial charge is 0.508 e. The van der Waals surface area contributed by atoms with Crippen molar-refractivity contribution in [1.29, 1.82) is 0 Å². The van der Waals surface area contributed by atoms with Gasteiger partial charge in [-0.25, -0.2) is 0 Å². The maximum Gasteiger partial charge on any atom is 0.125 e. The minimum atomic E-state index is 0.102. The summed E-state index contributed by atoms with van der Waals surface area (Å²) in [5.41, 5.74) is 1.26. The Hall–Kier alpha value is -1.22. The molecule has 1 aromatic rings. The van der Waals surface area contributed by atoms with Gasteiger partial charge in [0.05, 0.1) is 0 Å². The van der Waals surface area contributed by atoms with Crippen molar-refractivity contribution in [3.63, 3.8) is 0 Å². The van der Waals surface area contributed by atoms with E-state index in [0.717, 1.165) is 5.56 Å². The molecule has 0 fully saturated rings. The third kappa shape index (κ3) is 2.12. The summed E-state index contributed by atoms with van der Waals surface area (Å²) in [5, 5.41) is 27.4. The molecule has 0 saturated heterocycles. The first-order valence-corrected chi connectivity index (χ1v) is 4.28. The minimum Gasteiger partial charge on any atom is -0.508 e. The lowest BCUT2D eigenvalue weighted by atomic mass is 10.0. The lowest BCUT2D eigenvalue weighted by Crippen LogP contribution is -1.91. The fourth-order valence-corrected chi connectivity index (χ4v) is 1.22. The van der Waals surface area contributed by atoms with E-state index in [1.165, 1.54) is 0 Å². The maximum atomic E-state index is 9.56. The normalized spacial score (nSPS) is 10.3. The van der Waals surface area contributed by atoms with Crippen LogP contribution in [0.2, 0.25) is 0 Å². The molecule has 0 aliphatic rings. The fourth-order valence-electron chi connectivity index (χ4n) is 1.22. The first kappa shape index (κ1) is 9.86. The maximum absolute atomic E-state index is 9.56. The van der Waals surface area contributed by atoms with E-state index in [9.17, 15) is 10.2 Å². The van der Waals surface area contributed by atoms with E-state index >= 15 is 0 Å². The highest BCUT2D eigenvalue weighted by Gasteiger charge is 2.07. The van der Waals surface area contributed by atoms with Crippen molar-refractivity contribution in [2.45, 2.75) is 19.8 Å². The van der Waals surface area contributed by atoms with Crippen molar-refractivity contribution in [2.24, 2.45) is 0 Å². The van der Waals surface area contributed by atoms with Crippen molar-refractivity contribution in [3.05, 3.63) is 23.3 Å². The molecule has 72 valence electrons. The second-order valence-corrected chi connectivity index (χ2v) is 3.04. The Morgan fingerprint density at radius 3 is 2.54 bits per heavy atom. The third-order valence-corrected chi connectivity index (χ3v) is 2.09. The second-order valence-electron chi connectivity index (χ2n) is 3.04. The Kier molecular flexibility index (Phi) is 3.14. The zero-order valence-electron chi connectivity index (χ0n) is 7.62. The summed E-state index contributed by atoms with van der Waals surface area (Å²) in [5.74, 6) is 0.235. The Balaban J connectivity index is 2.90. The van der Waals surface area contributed by atoms with E-state index in [1.54, 1.807) is 19.1 Å². The zero-order chi connectivity index (χ0) is 9.84. The van der Waals surface area contributed by atoms with E-state index < -0.39 is 0 Å². The van der Waals surface area contributed by atoms with Crippen LogP contribution in [0.25, 0.3) is 0 Å². The molecule has 1 aromatic carbocycles. The predicted molar refractivity (Wildman–Crippen MR) is 49.9 cm³/mol. The molecule has 0 saturated carbocycles. The number of phenols is 2. The summed E-state index contributed by atoms with van der Waals surface area (Å²) in [7, 11) is 0. The number of aryl methyl sites for hydroxylation is 1. The van der Waals surface area contributed by atoms with Crippen LogP contribution < -0.4 is 0 Å². The lowest BCUT2D eigenvalue weighted by molar-refractivity contribution is 0.288. The zero-order valence-corrected chi connectivity index (χ0v) is 7.62. The quantitative estimate of drug-likeness (QED) is 0.661. The van der Waals surface area contributed by atoms with Crippen LogP contribution in [0.3, 0.4) is 0 Å². The molecular formula is C10H14O3. The SMILES string of the molecule is Cc1c(O)ccc(CCCO)c1O. The van der Waals surface area contributed by atoms with Gasteiger partial charge >= 0.3 is 0 Å². The number of aromatic hydroxyl groups is 2. The first-order valence-electron chi connectivity index (χ1n) is 4.28. The molecule has 0 unspecified atom stereocenters. The molecule has 0 radical (unpaired) electrons. The van der Waals surface area contributed by atoms with E-state index in [-0.39, 0.29) is 18.1 Å². The average Bonchev–Trinajstić information content (AvgIpc) is 2.13. The molecule has 0 aliphatic heterocycles. The van der Waals surface area contributed by atoms with Crippen molar-refractivity contribution in [3.8, 4) is 11.5 Å². The van der Waals surface area contributed by atoms with Crippen LogP contribution in [0.15, 0.2) is 12.1 Å². The van der Waals surface area contributed by atoms with Crippen LogP contribution >= 0.6 is 0 Å². The summed E-state index contributed by atoms with van der Waals surface area (Å²) in [6, 6.07) is 3.23. The molecule has 0 spiro atoms. The minimum absolute atomic E-state index is 0.102. The van der Waals surface area contributed by atoms with Crippen molar-refractivity contribution in [2.75, 3.05) is 6.61 Å². The molecule has 0 aromatic heterocycles. The van der Waals surface area contributed by atoms with Gasteiger partial charge in [-0.2, -0.15) is 0 Å². The summed E-state index contributed by atoms with van der Waals surface area (Å²) >= 11 is 0. The highest BCUT2D eigenvalue weighted by molar-refractivity contribution is 5.47. The van der Waals surface area contributed by atoms with E-state index in [2.05, 4.69) is 0 Å². The Morgan fingerprint density at radius 2 is 1.92 bits per heavy atom. The van der Waals surface area contributed by atoms with Gasteiger partial charge in [-0.1, -0.05) is 6.07 Å². The van der Waals surface area contributed by atoms with Crippen LogP contribution in [0.5, 0.6) is 11.5 Å². The molecule has 0 heterocycles. The molecular weight excluding hydrogens is 168 g/mol. The summed E-state index contributed by atoms with van der Waals surface area (Å²) in [4.78, 5) is 0. The van der Waals surface area contributed by atoms with Crippen LogP contribution in [-0.4, -0.2) is 21.9 Å². The summed E-state index contributed by atoms with van der Waals surface area (Å²) in [6.45, 7) is 1.77. The van der Waals surface area contributed by atoms with Gasteiger partial charge in [0.2, 0.25) is 0 Å². The monoisotopic (exact) mass is 182 g/mol. The topological polar surface area (TPSA) is 60.7 Å². The summed E-state index contributed by atoms with van der Waals surface area (Å²) in [6.07, 6.45) is 1.25. The number of hydrogen-bond acceptors (Lipinski definition) is 3. The van der Waals surface area contributed by atoms with Crippen LogP contribution in [-0.2, 0) is 6.42 Å². The molecule has 0 bridgehead atoms. The molecule has 13 heavy (non-hydrogen) atoms. The van der Waals surface area contributed by atoms with E-state index in [0.29, 0.717) is 18.4 Å². The number of benzene rings is 1. The lowest BCUT2D eigenvalue weighted by Gasteiger charge is -2.07. The van der Waals surface area contributed by atoms with Gasteiger partial charge in [0.1, 0.15) is 11.5 Å². The number of hydrogen-bond donors (Lipinski definition) is 3. The Labute approximate surface area is 77.3 Å². The van der Waals surface area contributed by atoms with Gasteiger partial charge in [-0.3, -0.25) is 0 Å². The molecule has 3 heteroatoms. The highest BCUT2D eigenvalue weighted by Crippen LogP contribution is 2.29. The number of aliphatic hydroxyl groups excluding tert-OH is 1. The second kappa shape index (κ2) is 4.14. The first-order chi connectivity index (χ1) is 6.16. The van der Waals surface area contributed by atoms with Crippen molar-refractivity contribution >= 4 is 0 Å². The molecule has 3 N–H and O–H groups in total. The van der Waals surface area contributed by atoms with Gasteiger partial charge in [0.15, 0.2) is 0 Å². The Morgan fingerprint density at radius 1 is 1.23 bits per heavy atom. The van der Waals surface area contributed by atoms with E-state index in [1.807, 2.05) is 0 Å². The molecule has 3 nitrogen and oxygen atoms in total. The molecule has 1 rings (SSSR count). The van der Waals surface area contributed by atoms with Gasteiger partial charge in [-0.15, -0.1) is 0 Å². The van der Waals surface area contributed by atoms with Gasteiger partial charge in [0.25, 0.3) is 0 Å². The predicted octanol–water partition coefficient (Wildman–Crippen LogP) is 1.33. The van der Waals surface area contributed by atoms with Crippen molar-refractivity contribution < 1.29 is 15.3 Å². The average molecular weight is 182 g/mol. The van der Waals surface area contributed by atoms with Crippen LogP contribution in [0.4, 0.5) is 0 Å². The Bertz CT molecular complexity index is 294. The van der Waals surface area contributed by atoms with Gasteiger partial charge in [0, 0.05) is 12.2 Å².